The molecule has 2 heterocycles. The van der Waals surface area contributed by atoms with Gasteiger partial charge in [0.25, 0.3) is 0 Å². The topological polar surface area (TPSA) is 16.4 Å². The fourth-order valence-electron chi connectivity index (χ4n) is 2.37. The number of hydrogen-bond acceptors (Lipinski definition) is 3. The molecule has 0 amide bonds. The van der Waals surface area contributed by atoms with Crippen LogP contribution in [0.4, 0.5) is 0 Å². The van der Waals surface area contributed by atoms with Crippen molar-refractivity contribution >= 4 is 11.3 Å². The molecule has 0 aliphatic rings. The summed E-state index contributed by atoms with van der Waals surface area (Å²) in [7, 11) is 0. The highest BCUT2D eigenvalue weighted by atomic mass is 32.1. The van der Waals surface area contributed by atoms with E-state index in [0.29, 0.717) is 0 Å². The molecule has 3 heteroatoms. The maximum atomic E-state index is 5.50. The molecule has 0 atom stereocenters. The van der Waals surface area contributed by atoms with Crippen LogP contribution in [0.25, 0.3) is 0 Å². The van der Waals surface area contributed by atoms with Gasteiger partial charge < -0.3 is 4.42 Å². The van der Waals surface area contributed by atoms with Crippen molar-refractivity contribution in [3.05, 3.63) is 81.9 Å². The molecule has 0 aliphatic carbocycles. The minimum absolute atomic E-state index is 0.832. The van der Waals surface area contributed by atoms with E-state index in [1.165, 1.54) is 16.0 Å². The second-order valence-corrected chi connectivity index (χ2v) is 6.32. The second kappa shape index (κ2) is 6.74. The lowest BCUT2D eigenvalue weighted by atomic mass is 10.1. The van der Waals surface area contributed by atoms with Gasteiger partial charge in [0.2, 0.25) is 0 Å². The Morgan fingerprint density at radius 1 is 0.952 bits per heavy atom. The monoisotopic (exact) mass is 297 g/mol. The Morgan fingerprint density at radius 2 is 1.81 bits per heavy atom. The molecule has 0 bridgehead atoms. The summed E-state index contributed by atoms with van der Waals surface area (Å²) in [6.45, 7) is 4.83. The maximum absolute atomic E-state index is 5.50. The molecular formula is C18H19NOS. The van der Waals surface area contributed by atoms with Gasteiger partial charge in [-0.1, -0.05) is 35.9 Å². The molecule has 0 aliphatic heterocycles. The highest BCUT2D eigenvalue weighted by molar-refractivity contribution is 7.09. The van der Waals surface area contributed by atoms with Crippen LogP contribution < -0.4 is 0 Å². The van der Waals surface area contributed by atoms with E-state index >= 15 is 0 Å². The van der Waals surface area contributed by atoms with Crippen molar-refractivity contribution in [1.82, 2.24) is 4.90 Å². The first kappa shape index (κ1) is 14.1. The number of nitrogens with zero attached hydrogens (tertiary/aromatic N) is 1. The third-order valence-electron chi connectivity index (χ3n) is 3.45. The van der Waals surface area contributed by atoms with Gasteiger partial charge in [0.1, 0.15) is 5.76 Å². The van der Waals surface area contributed by atoms with E-state index in [1.807, 2.05) is 12.1 Å². The molecular weight excluding hydrogens is 278 g/mol. The summed E-state index contributed by atoms with van der Waals surface area (Å²) in [4.78, 5) is 3.80. The van der Waals surface area contributed by atoms with Crippen molar-refractivity contribution in [2.24, 2.45) is 0 Å². The van der Waals surface area contributed by atoms with Gasteiger partial charge >= 0.3 is 0 Å². The van der Waals surface area contributed by atoms with E-state index < -0.39 is 0 Å². The maximum Gasteiger partial charge on any atom is 0.117 e. The van der Waals surface area contributed by atoms with Gasteiger partial charge in [-0.3, -0.25) is 4.90 Å². The SMILES string of the molecule is Cc1ccc(CN(Cc2ccco2)Cc2cccs2)cc1. The lowest BCUT2D eigenvalue weighted by Crippen LogP contribution is -2.21. The minimum atomic E-state index is 0.832. The van der Waals surface area contributed by atoms with E-state index in [1.54, 1.807) is 17.6 Å². The van der Waals surface area contributed by atoms with Crippen LogP contribution in [0.5, 0.6) is 0 Å². The lowest BCUT2D eigenvalue weighted by Gasteiger charge is -2.20. The van der Waals surface area contributed by atoms with Crippen LogP contribution >= 0.6 is 11.3 Å². The molecule has 0 N–H and O–H groups in total. The first-order valence-electron chi connectivity index (χ1n) is 7.12. The number of rotatable bonds is 6. The zero-order valence-electron chi connectivity index (χ0n) is 12.2. The van der Waals surface area contributed by atoms with Crippen molar-refractivity contribution < 1.29 is 4.42 Å². The quantitative estimate of drug-likeness (QED) is 0.646. The van der Waals surface area contributed by atoms with Gasteiger partial charge in [-0.25, -0.2) is 0 Å². The highest BCUT2D eigenvalue weighted by Gasteiger charge is 2.10. The second-order valence-electron chi connectivity index (χ2n) is 5.29. The van der Waals surface area contributed by atoms with Gasteiger partial charge in [0.05, 0.1) is 12.8 Å². The Bertz CT molecular complexity index is 605. The van der Waals surface area contributed by atoms with Crippen LogP contribution in [0.1, 0.15) is 21.8 Å². The molecule has 2 nitrogen and oxygen atoms in total. The van der Waals surface area contributed by atoms with E-state index in [4.69, 9.17) is 4.42 Å². The summed E-state index contributed by atoms with van der Waals surface area (Å²) in [5.74, 6) is 1.01. The zero-order chi connectivity index (χ0) is 14.5. The highest BCUT2D eigenvalue weighted by Crippen LogP contribution is 2.17. The van der Waals surface area contributed by atoms with E-state index in [-0.39, 0.29) is 0 Å². The zero-order valence-corrected chi connectivity index (χ0v) is 13.0. The standard InChI is InChI=1S/C18H19NOS/c1-15-6-8-16(9-7-15)12-19(13-17-4-2-10-20-17)14-18-5-3-11-21-18/h2-11H,12-14H2,1H3. The molecule has 2 aromatic heterocycles. The summed E-state index contributed by atoms with van der Waals surface area (Å²) in [6, 6.07) is 17.0. The van der Waals surface area contributed by atoms with Gasteiger partial charge in [0.15, 0.2) is 0 Å². The normalized spacial score (nSPS) is 11.1. The molecule has 0 saturated heterocycles. The average Bonchev–Trinajstić information content (AvgIpc) is 3.15. The number of furan rings is 1. The fraction of sp³-hybridized carbons (Fsp3) is 0.222. The van der Waals surface area contributed by atoms with E-state index in [2.05, 4.69) is 53.6 Å². The molecule has 0 radical (unpaired) electrons. The first-order chi connectivity index (χ1) is 10.3. The molecule has 3 rings (SSSR count). The Labute approximate surface area is 129 Å². The van der Waals surface area contributed by atoms with Gasteiger partial charge in [-0.2, -0.15) is 0 Å². The fourth-order valence-corrected chi connectivity index (χ4v) is 3.11. The molecule has 3 aromatic rings. The smallest absolute Gasteiger partial charge is 0.117 e. The predicted octanol–water partition coefficient (Wildman–Crippen LogP) is 4.85. The van der Waals surface area contributed by atoms with Gasteiger partial charge in [-0.05, 0) is 36.1 Å². The summed E-state index contributed by atoms with van der Waals surface area (Å²) in [5.41, 5.74) is 2.64. The van der Waals surface area contributed by atoms with Crippen LogP contribution in [0.2, 0.25) is 0 Å². The molecule has 0 saturated carbocycles. The van der Waals surface area contributed by atoms with Crippen molar-refractivity contribution in [1.29, 1.82) is 0 Å². The molecule has 1 aromatic carbocycles. The summed E-state index contributed by atoms with van der Waals surface area (Å²) < 4.78 is 5.50. The largest absolute Gasteiger partial charge is 0.468 e. The molecule has 0 fully saturated rings. The predicted molar refractivity (Wildman–Crippen MR) is 87.2 cm³/mol. The van der Waals surface area contributed by atoms with Crippen LogP contribution in [0.15, 0.2) is 64.6 Å². The Hall–Kier alpha value is -1.84. The Kier molecular flexibility index (Phi) is 4.53. The minimum Gasteiger partial charge on any atom is -0.468 e. The number of thiophene rings is 1. The summed E-state index contributed by atoms with van der Waals surface area (Å²) in [6.07, 6.45) is 1.74. The molecule has 0 spiro atoms. The number of benzene rings is 1. The van der Waals surface area contributed by atoms with Crippen molar-refractivity contribution in [2.45, 2.75) is 26.6 Å². The van der Waals surface area contributed by atoms with Crippen molar-refractivity contribution in [3.63, 3.8) is 0 Å². The van der Waals surface area contributed by atoms with Crippen LogP contribution in [0, 0.1) is 6.92 Å². The average molecular weight is 297 g/mol. The molecule has 0 unspecified atom stereocenters. The Morgan fingerprint density at radius 3 is 2.48 bits per heavy atom. The van der Waals surface area contributed by atoms with Crippen LogP contribution in [0.3, 0.4) is 0 Å². The third kappa shape index (κ3) is 4.06. The van der Waals surface area contributed by atoms with Crippen molar-refractivity contribution in [3.8, 4) is 0 Å². The van der Waals surface area contributed by atoms with Gasteiger partial charge in [-0.15, -0.1) is 11.3 Å². The lowest BCUT2D eigenvalue weighted by molar-refractivity contribution is 0.229. The third-order valence-corrected chi connectivity index (χ3v) is 4.31. The molecule has 108 valence electrons. The number of aryl methyl sites for hydroxylation is 1. The number of hydrogen-bond donors (Lipinski definition) is 0. The van der Waals surface area contributed by atoms with E-state index in [0.717, 1.165) is 25.4 Å². The van der Waals surface area contributed by atoms with Crippen LogP contribution in [-0.4, -0.2) is 4.90 Å². The summed E-state index contributed by atoms with van der Waals surface area (Å²) >= 11 is 1.80. The van der Waals surface area contributed by atoms with Gasteiger partial charge in [0, 0.05) is 18.0 Å². The Balaban J connectivity index is 1.72. The first-order valence-corrected chi connectivity index (χ1v) is 8.00. The molecule has 21 heavy (non-hydrogen) atoms. The van der Waals surface area contributed by atoms with Crippen molar-refractivity contribution in [2.75, 3.05) is 0 Å². The van der Waals surface area contributed by atoms with Crippen LogP contribution in [-0.2, 0) is 19.6 Å². The van der Waals surface area contributed by atoms with E-state index in [9.17, 15) is 0 Å². The summed E-state index contributed by atoms with van der Waals surface area (Å²) in [5, 5.41) is 2.13.